The first kappa shape index (κ1) is 18.2. The zero-order valence-electron chi connectivity index (χ0n) is 19.3. The molecule has 0 radical (unpaired) electrons. The molecule has 4 aromatic carbocycles. The second kappa shape index (κ2) is 6.28. The summed E-state index contributed by atoms with van der Waals surface area (Å²) in [6, 6.07) is 27.6. The highest BCUT2D eigenvalue weighted by molar-refractivity contribution is 5.96. The van der Waals surface area contributed by atoms with E-state index in [1.165, 1.54) is 83.8 Å². The summed E-state index contributed by atoms with van der Waals surface area (Å²) in [4.78, 5) is 6.99. The van der Waals surface area contributed by atoms with E-state index in [1.54, 1.807) is 0 Å². The Kier molecular flexibility index (Phi) is 3.27. The summed E-state index contributed by atoms with van der Waals surface area (Å²) in [5.41, 5.74) is 21.4. The summed E-state index contributed by atoms with van der Waals surface area (Å²) >= 11 is 0. The summed E-state index contributed by atoms with van der Waals surface area (Å²) in [7, 11) is 0. The van der Waals surface area contributed by atoms with Crippen LogP contribution in [0.3, 0.4) is 0 Å². The molecule has 5 aromatic rings. The van der Waals surface area contributed by atoms with E-state index in [9.17, 15) is 0 Å². The lowest BCUT2D eigenvalue weighted by Crippen LogP contribution is -2.25. The molecule has 0 saturated heterocycles. The van der Waals surface area contributed by atoms with Crippen molar-refractivity contribution in [3.63, 3.8) is 0 Å². The maximum atomic E-state index is 4.47. The van der Waals surface area contributed by atoms with Gasteiger partial charge in [0.25, 0.3) is 0 Å². The van der Waals surface area contributed by atoms with Crippen LogP contribution in [0.2, 0.25) is 0 Å². The molecule has 4 aliphatic rings. The van der Waals surface area contributed by atoms with Crippen molar-refractivity contribution in [3.8, 4) is 22.3 Å². The Labute approximate surface area is 204 Å². The van der Waals surface area contributed by atoms with Gasteiger partial charge < -0.3 is 4.90 Å². The third-order valence-electron chi connectivity index (χ3n) is 8.55. The van der Waals surface area contributed by atoms with Crippen LogP contribution in [0, 0.1) is 0 Å². The molecule has 0 amide bonds. The lowest BCUT2D eigenvalue weighted by atomic mass is 9.82. The second-order valence-electron chi connectivity index (χ2n) is 10.4. The first-order valence-electron chi connectivity index (χ1n) is 12.6. The Morgan fingerprint density at radius 2 is 1.29 bits per heavy atom. The number of hydrogen-bond acceptors (Lipinski definition) is 2. The summed E-state index contributed by atoms with van der Waals surface area (Å²) in [5.74, 6) is 0. The lowest BCUT2D eigenvalue weighted by Gasteiger charge is -2.40. The van der Waals surface area contributed by atoms with Gasteiger partial charge in [-0.3, -0.25) is 4.98 Å². The third kappa shape index (κ3) is 2.27. The van der Waals surface area contributed by atoms with Crippen LogP contribution in [0.1, 0.15) is 44.5 Å². The Morgan fingerprint density at radius 3 is 2.26 bits per heavy atom. The predicted molar refractivity (Wildman–Crippen MR) is 141 cm³/mol. The molecule has 1 aromatic heterocycles. The fourth-order valence-electron chi connectivity index (χ4n) is 7.15. The van der Waals surface area contributed by atoms with E-state index < -0.39 is 0 Å². The van der Waals surface area contributed by atoms with Gasteiger partial charge in [0.2, 0.25) is 0 Å². The molecule has 2 heteroatoms. The average Bonchev–Trinajstić information content (AvgIpc) is 3.44. The number of hydrogen-bond donors (Lipinski definition) is 0. The maximum Gasteiger partial charge on any atom is 0.0539 e. The maximum absolute atomic E-state index is 4.47. The van der Waals surface area contributed by atoms with Crippen LogP contribution >= 0.6 is 0 Å². The van der Waals surface area contributed by atoms with Crippen molar-refractivity contribution in [3.05, 3.63) is 130 Å². The monoisotopic (exact) mass is 446 g/mol. The minimum absolute atomic E-state index is 0.956. The van der Waals surface area contributed by atoms with Crippen molar-refractivity contribution in [2.24, 2.45) is 0 Å². The molecule has 0 fully saturated rings. The van der Waals surface area contributed by atoms with Crippen molar-refractivity contribution in [2.45, 2.75) is 25.7 Å². The molecule has 9 rings (SSSR count). The van der Waals surface area contributed by atoms with Gasteiger partial charge in [-0.25, -0.2) is 0 Å². The van der Waals surface area contributed by atoms with Crippen molar-refractivity contribution in [2.75, 3.05) is 4.90 Å². The SMILES string of the molecule is c1ccc2c(c1)Cc1cc3c(cc1-2)Cc1cc2c4c(c1-3)Cc1ccccc1N4c1ccncc1C2. The molecule has 0 spiro atoms. The van der Waals surface area contributed by atoms with Gasteiger partial charge in [-0.2, -0.15) is 0 Å². The van der Waals surface area contributed by atoms with Gasteiger partial charge in [-0.1, -0.05) is 48.5 Å². The van der Waals surface area contributed by atoms with Gasteiger partial charge in [0.05, 0.1) is 11.4 Å². The van der Waals surface area contributed by atoms with Crippen molar-refractivity contribution >= 4 is 17.1 Å². The fourth-order valence-corrected chi connectivity index (χ4v) is 7.15. The Balaban J connectivity index is 1.31. The standard InChI is InChI=1S/C33H22N2/c1-3-7-26-19(5-1)11-21-17-28-22(16-27(21)26)12-23-13-24-14-25-18-34-10-9-31(25)35-30-8-4-2-6-20(30)15-29(32(23)28)33(24)35/h1-10,13,16-18H,11-12,14-15H2. The second-order valence-corrected chi connectivity index (χ2v) is 10.4. The molecule has 2 aliphatic heterocycles. The number of para-hydroxylation sites is 1. The Bertz CT molecular complexity index is 1750. The van der Waals surface area contributed by atoms with E-state index in [-0.39, 0.29) is 0 Å². The minimum atomic E-state index is 0.956. The predicted octanol–water partition coefficient (Wildman–Crippen LogP) is 7.50. The number of rotatable bonds is 0. The molecule has 0 unspecified atom stereocenters. The van der Waals surface area contributed by atoms with Crippen LogP contribution in [0.15, 0.2) is 85.2 Å². The molecule has 0 saturated carbocycles. The van der Waals surface area contributed by atoms with Crippen molar-refractivity contribution in [1.29, 1.82) is 0 Å². The van der Waals surface area contributed by atoms with Crippen LogP contribution in [-0.2, 0) is 25.7 Å². The summed E-state index contributed by atoms with van der Waals surface area (Å²) in [6.07, 6.45) is 8.02. The van der Waals surface area contributed by atoms with Crippen LogP contribution in [-0.4, -0.2) is 4.98 Å². The van der Waals surface area contributed by atoms with Gasteiger partial charge in [0.1, 0.15) is 0 Å². The highest BCUT2D eigenvalue weighted by Gasteiger charge is 2.36. The molecular formula is C33H22N2. The largest absolute Gasteiger partial charge is 0.309 e. The molecule has 0 bridgehead atoms. The van der Waals surface area contributed by atoms with E-state index in [0.29, 0.717) is 0 Å². The first-order valence-corrected chi connectivity index (χ1v) is 12.6. The zero-order chi connectivity index (χ0) is 22.7. The van der Waals surface area contributed by atoms with E-state index in [2.05, 4.69) is 88.9 Å². The number of nitrogens with zero attached hydrogens (tertiary/aromatic N) is 2. The van der Waals surface area contributed by atoms with Crippen molar-refractivity contribution in [1.82, 2.24) is 4.98 Å². The normalized spacial score (nSPS) is 14.9. The molecule has 3 heterocycles. The van der Waals surface area contributed by atoms with Crippen LogP contribution < -0.4 is 4.90 Å². The topological polar surface area (TPSA) is 16.1 Å². The van der Waals surface area contributed by atoms with Crippen molar-refractivity contribution < 1.29 is 0 Å². The molecule has 35 heavy (non-hydrogen) atoms. The number of pyridine rings is 1. The lowest BCUT2D eigenvalue weighted by molar-refractivity contribution is 0.996. The summed E-state index contributed by atoms with van der Waals surface area (Å²) in [5, 5.41) is 0. The van der Waals surface area contributed by atoms with Gasteiger partial charge in [0.15, 0.2) is 0 Å². The molecule has 2 nitrogen and oxygen atoms in total. The highest BCUT2D eigenvalue weighted by Crippen LogP contribution is 2.55. The van der Waals surface area contributed by atoms with Gasteiger partial charge >= 0.3 is 0 Å². The van der Waals surface area contributed by atoms with Gasteiger partial charge in [-0.05, 0) is 104 Å². The number of benzene rings is 4. The number of aromatic nitrogens is 1. The molecule has 2 aliphatic carbocycles. The van der Waals surface area contributed by atoms with E-state index in [1.807, 2.05) is 6.20 Å². The molecule has 0 atom stereocenters. The number of fused-ring (bicyclic) bond motifs is 11. The third-order valence-corrected chi connectivity index (χ3v) is 8.55. The number of anilines is 3. The smallest absolute Gasteiger partial charge is 0.0539 e. The molecular weight excluding hydrogens is 424 g/mol. The Morgan fingerprint density at radius 1 is 0.543 bits per heavy atom. The quantitative estimate of drug-likeness (QED) is 0.240. The minimum Gasteiger partial charge on any atom is -0.309 e. The van der Waals surface area contributed by atoms with Crippen LogP contribution in [0.4, 0.5) is 17.1 Å². The van der Waals surface area contributed by atoms with Crippen LogP contribution in [0.5, 0.6) is 0 Å². The van der Waals surface area contributed by atoms with E-state index in [4.69, 9.17) is 0 Å². The Hall–Kier alpha value is -4.17. The van der Waals surface area contributed by atoms with Gasteiger partial charge in [0, 0.05) is 30.9 Å². The summed E-state index contributed by atoms with van der Waals surface area (Å²) < 4.78 is 0. The zero-order valence-corrected chi connectivity index (χ0v) is 19.3. The van der Waals surface area contributed by atoms with Crippen LogP contribution in [0.25, 0.3) is 22.3 Å². The fraction of sp³-hybridized carbons (Fsp3) is 0.121. The van der Waals surface area contributed by atoms with Gasteiger partial charge in [-0.15, -0.1) is 0 Å². The average molecular weight is 447 g/mol. The van der Waals surface area contributed by atoms with E-state index in [0.717, 1.165) is 25.7 Å². The first-order chi connectivity index (χ1) is 17.3. The highest BCUT2D eigenvalue weighted by atomic mass is 15.2. The molecule has 164 valence electrons. The van der Waals surface area contributed by atoms with E-state index >= 15 is 0 Å². The summed E-state index contributed by atoms with van der Waals surface area (Å²) in [6.45, 7) is 0. The molecule has 0 N–H and O–H groups in total.